The third-order valence-corrected chi connectivity index (χ3v) is 10.7. The molecule has 220 valence electrons. The van der Waals surface area contributed by atoms with Gasteiger partial charge in [-0.25, -0.2) is 17.2 Å². The number of fused-ring (bicyclic) bond motifs is 1. The number of nitrogens with zero attached hydrogens (tertiary/aromatic N) is 1. The molecule has 3 aromatic rings. The lowest BCUT2D eigenvalue weighted by Gasteiger charge is -2.39. The van der Waals surface area contributed by atoms with Gasteiger partial charge >= 0.3 is 0 Å². The molecule has 6 rings (SSSR count). The van der Waals surface area contributed by atoms with Gasteiger partial charge in [0.2, 0.25) is 11.8 Å². The molecule has 2 amide bonds. The van der Waals surface area contributed by atoms with Gasteiger partial charge in [0, 0.05) is 18.2 Å². The van der Waals surface area contributed by atoms with Crippen molar-refractivity contribution in [1.29, 1.82) is 5.26 Å². The van der Waals surface area contributed by atoms with Crippen LogP contribution in [0.1, 0.15) is 73.4 Å². The summed E-state index contributed by atoms with van der Waals surface area (Å²) >= 11 is 0. The number of hydrogen-bond donors (Lipinski definition) is 2. The van der Waals surface area contributed by atoms with E-state index in [2.05, 4.69) is 16.7 Å². The maximum absolute atomic E-state index is 14.0. The highest BCUT2D eigenvalue weighted by molar-refractivity contribution is 7.91. The lowest BCUT2D eigenvalue weighted by atomic mass is 9.78. The highest BCUT2D eigenvalue weighted by atomic mass is 32.2. The Morgan fingerprint density at radius 1 is 0.881 bits per heavy atom. The van der Waals surface area contributed by atoms with Gasteiger partial charge in [0.1, 0.15) is 26.5 Å². The molecule has 0 atom stereocenters. The first kappa shape index (κ1) is 28.3. The Labute approximate surface area is 242 Å². The van der Waals surface area contributed by atoms with Gasteiger partial charge < -0.3 is 15.1 Å². The number of nitrogens with one attached hydrogen (secondary N) is 2. The molecule has 2 aromatic carbocycles. The fraction of sp³-hybridized carbons (Fsp3) is 0.452. The Balaban J connectivity index is 1.19. The molecule has 42 heavy (non-hydrogen) atoms. The summed E-state index contributed by atoms with van der Waals surface area (Å²) in [5, 5.41) is 15.4. The minimum absolute atomic E-state index is 0.0457. The molecule has 1 aromatic heterocycles. The van der Waals surface area contributed by atoms with Crippen LogP contribution in [0.25, 0.3) is 22.1 Å². The van der Waals surface area contributed by atoms with E-state index in [0.29, 0.717) is 36.7 Å². The number of rotatable bonds is 6. The molecule has 0 spiro atoms. The van der Waals surface area contributed by atoms with Crippen LogP contribution in [0.5, 0.6) is 0 Å². The standard InChI is InChI=1S/C31H31F2N3O5S/c32-31(33)13-11-30(12-14-31,28(38)36-29(19-34)9-10-29)35-27(37)26-18-24-6-5-23(17-25(24)41-26)21-3-1-20(2-4-21)22-7-15-42(39,40)16-8-22/h1-6,17-18,22H,7-16H2,(H,35,37)(H,36,38). The highest BCUT2D eigenvalue weighted by Gasteiger charge is 2.53. The largest absolute Gasteiger partial charge is 0.451 e. The topological polar surface area (TPSA) is 129 Å². The Bertz CT molecular complexity index is 1680. The van der Waals surface area contributed by atoms with E-state index >= 15 is 0 Å². The molecule has 2 heterocycles. The lowest BCUT2D eigenvalue weighted by molar-refractivity contribution is -0.133. The zero-order valence-corrected chi connectivity index (χ0v) is 23.7. The van der Waals surface area contributed by atoms with Crippen LogP contribution in [0.15, 0.2) is 52.9 Å². The van der Waals surface area contributed by atoms with Crippen molar-refractivity contribution in [2.75, 3.05) is 11.5 Å². The van der Waals surface area contributed by atoms with Gasteiger partial charge in [0.15, 0.2) is 5.76 Å². The molecule has 0 bridgehead atoms. The number of carbonyl (C=O) groups is 2. The summed E-state index contributed by atoms with van der Waals surface area (Å²) in [6, 6.07) is 17.1. The molecule has 1 aliphatic heterocycles. The van der Waals surface area contributed by atoms with E-state index in [9.17, 15) is 32.0 Å². The quantitative estimate of drug-likeness (QED) is 0.401. The lowest BCUT2D eigenvalue weighted by Crippen LogP contribution is -2.62. The first-order valence-electron chi connectivity index (χ1n) is 14.2. The van der Waals surface area contributed by atoms with Crippen molar-refractivity contribution in [2.45, 2.75) is 74.3 Å². The first-order chi connectivity index (χ1) is 19.9. The Morgan fingerprint density at radius 3 is 2.14 bits per heavy atom. The molecule has 0 unspecified atom stereocenters. The SMILES string of the molecule is N#CC1(NC(=O)C2(NC(=O)c3cc4ccc(-c5ccc(C6CCS(=O)(=O)CC6)cc5)cc4o3)CCC(F)(F)CC2)CC1. The third kappa shape index (κ3) is 5.64. The van der Waals surface area contributed by atoms with Gasteiger partial charge in [-0.15, -0.1) is 0 Å². The van der Waals surface area contributed by atoms with E-state index in [4.69, 9.17) is 4.42 Å². The highest BCUT2D eigenvalue weighted by Crippen LogP contribution is 2.41. The van der Waals surface area contributed by atoms with E-state index in [1.807, 2.05) is 42.5 Å². The molecule has 3 aliphatic rings. The van der Waals surface area contributed by atoms with Crippen LogP contribution < -0.4 is 10.6 Å². The first-order valence-corrected chi connectivity index (χ1v) is 16.0. The number of benzene rings is 2. The number of alkyl halides is 2. The smallest absolute Gasteiger partial charge is 0.287 e. The van der Waals surface area contributed by atoms with Crippen molar-refractivity contribution in [3.8, 4) is 17.2 Å². The summed E-state index contributed by atoms with van der Waals surface area (Å²) in [7, 11) is -2.93. The molecule has 8 nitrogen and oxygen atoms in total. The van der Waals surface area contributed by atoms with Crippen molar-refractivity contribution >= 4 is 32.6 Å². The van der Waals surface area contributed by atoms with Crippen LogP contribution in [-0.4, -0.2) is 48.7 Å². The van der Waals surface area contributed by atoms with E-state index in [1.165, 1.54) is 0 Å². The van der Waals surface area contributed by atoms with Gasteiger partial charge in [0.05, 0.1) is 17.6 Å². The van der Waals surface area contributed by atoms with Gasteiger partial charge in [-0.1, -0.05) is 36.4 Å². The van der Waals surface area contributed by atoms with Gasteiger partial charge in [-0.3, -0.25) is 9.59 Å². The van der Waals surface area contributed by atoms with E-state index in [-0.39, 0.29) is 36.0 Å². The minimum Gasteiger partial charge on any atom is -0.451 e. The van der Waals surface area contributed by atoms with Gasteiger partial charge in [0.25, 0.3) is 5.91 Å². The summed E-state index contributed by atoms with van der Waals surface area (Å²) in [6.45, 7) is 0. The molecular formula is C31H31F2N3O5S. The van der Waals surface area contributed by atoms with Crippen LogP contribution in [0, 0.1) is 11.3 Å². The maximum atomic E-state index is 14.0. The number of hydrogen-bond acceptors (Lipinski definition) is 6. The Hall–Kier alpha value is -3.78. The van der Waals surface area contributed by atoms with Crippen LogP contribution in [0.3, 0.4) is 0 Å². The second-order valence-corrected chi connectivity index (χ2v) is 14.3. The van der Waals surface area contributed by atoms with Gasteiger partial charge in [-0.05, 0) is 73.3 Å². The zero-order chi connectivity index (χ0) is 29.8. The van der Waals surface area contributed by atoms with E-state index in [1.54, 1.807) is 6.07 Å². The average molecular weight is 596 g/mol. The summed E-state index contributed by atoms with van der Waals surface area (Å²) in [6.07, 6.45) is 0.589. The van der Waals surface area contributed by atoms with Crippen LogP contribution in [0.2, 0.25) is 0 Å². The number of furan rings is 1. The molecule has 2 N–H and O–H groups in total. The average Bonchev–Trinajstić information content (AvgIpc) is 3.61. The second-order valence-electron chi connectivity index (χ2n) is 12.0. The Morgan fingerprint density at radius 2 is 1.52 bits per heavy atom. The molecule has 11 heteroatoms. The number of carbonyl (C=O) groups excluding carboxylic acids is 2. The van der Waals surface area contributed by atoms with Crippen molar-refractivity contribution < 1.29 is 31.2 Å². The number of sulfone groups is 1. The van der Waals surface area contributed by atoms with Crippen molar-refractivity contribution in [3.05, 3.63) is 59.9 Å². The second kappa shape index (κ2) is 10.2. The predicted molar refractivity (Wildman–Crippen MR) is 152 cm³/mol. The number of halogens is 2. The Kier molecular flexibility index (Phi) is 6.88. The van der Waals surface area contributed by atoms with Crippen LogP contribution in [0.4, 0.5) is 8.78 Å². The minimum atomic E-state index is -2.93. The van der Waals surface area contributed by atoms with Crippen molar-refractivity contribution in [1.82, 2.24) is 10.6 Å². The van der Waals surface area contributed by atoms with E-state index < -0.39 is 51.5 Å². The normalized spacial score (nSPS) is 22.1. The molecular weight excluding hydrogens is 564 g/mol. The summed E-state index contributed by atoms with van der Waals surface area (Å²) in [5.74, 6) is -3.64. The summed E-state index contributed by atoms with van der Waals surface area (Å²) in [5.41, 5.74) is 0.774. The zero-order valence-electron chi connectivity index (χ0n) is 22.9. The number of amides is 2. The molecule has 0 radical (unpaired) electrons. The molecule has 3 fully saturated rings. The number of nitriles is 1. The molecule has 1 saturated heterocycles. The van der Waals surface area contributed by atoms with Crippen molar-refractivity contribution in [3.63, 3.8) is 0 Å². The molecule has 2 saturated carbocycles. The predicted octanol–water partition coefficient (Wildman–Crippen LogP) is 5.24. The van der Waals surface area contributed by atoms with Gasteiger partial charge in [-0.2, -0.15) is 5.26 Å². The van der Waals surface area contributed by atoms with Crippen LogP contribution in [-0.2, 0) is 14.6 Å². The summed E-state index contributed by atoms with van der Waals surface area (Å²) < 4.78 is 57.4. The van der Waals surface area contributed by atoms with Crippen LogP contribution >= 0.6 is 0 Å². The summed E-state index contributed by atoms with van der Waals surface area (Å²) in [4.78, 5) is 26.6. The maximum Gasteiger partial charge on any atom is 0.287 e. The fourth-order valence-corrected chi connectivity index (χ4v) is 7.44. The fourth-order valence-electron chi connectivity index (χ4n) is 5.95. The van der Waals surface area contributed by atoms with E-state index in [0.717, 1.165) is 16.7 Å². The third-order valence-electron chi connectivity index (χ3n) is 8.95. The molecule has 2 aliphatic carbocycles. The van der Waals surface area contributed by atoms with Crippen molar-refractivity contribution in [2.24, 2.45) is 0 Å². The monoisotopic (exact) mass is 595 g/mol.